The molecule has 2 aliphatic rings. The maximum absolute atomic E-state index is 13.9. The van der Waals surface area contributed by atoms with Crippen molar-refractivity contribution in [1.82, 2.24) is 24.9 Å². The minimum absolute atomic E-state index is 0.0145. The normalized spacial score (nSPS) is 20.0. The first-order valence-corrected chi connectivity index (χ1v) is 13.6. The van der Waals surface area contributed by atoms with Crippen LogP contribution in [0.1, 0.15) is 78.3 Å². The van der Waals surface area contributed by atoms with Crippen molar-refractivity contribution in [3.8, 4) is 0 Å². The fraction of sp³-hybridized carbons (Fsp3) is 0.464. The van der Waals surface area contributed by atoms with Crippen LogP contribution in [-0.2, 0) is 23.9 Å². The van der Waals surface area contributed by atoms with Gasteiger partial charge in [0.2, 0.25) is 5.91 Å². The number of carbonyl (C=O) groups is 3. The van der Waals surface area contributed by atoms with E-state index >= 15 is 0 Å². The third kappa shape index (κ3) is 5.88. The largest absolute Gasteiger partial charge is 0.417 e. The molecule has 13 heteroatoms. The molecule has 220 valence electrons. The zero-order valence-electron chi connectivity index (χ0n) is 23.3. The monoisotopic (exact) mass is 592 g/mol. The molecule has 9 nitrogen and oxygen atoms in total. The topological polar surface area (TPSA) is 111 Å². The molecule has 3 atom stereocenters. The van der Waals surface area contributed by atoms with Crippen LogP contribution in [0.5, 0.6) is 0 Å². The second kappa shape index (κ2) is 11.3. The Hall–Kier alpha value is -3.67. The van der Waals surface area contributed by atoms with Gasteiger partial charge >= 0.3 is 6.18 Å². The summed E-state index contributed by atoms with van der Waals surface area (Å²) in [6, 6.07) is 1.74. The molecule has 41 heavy (non-hydrogen) atoms. The molecule has 4 rings (SSSR count). The SMILES string of the molecule is CC(C)NC(=O)/C=C(\C=N)C(C)N1C[C@@H](C)n2nc3c(c2C1=O)CN(C(=O)c1ccc(Cl)c(C(F)(F)F)c1)[C@H](C)C3. The van der Waals surface area contributed by atoms with E-state index in [1.165, 1.54) is 17.0 Å². The van der Waals surface area contributed by atoms with Crippen molar-refractivity contribution in [3.63, 3.8) is 0 Å². The molecule has 0 bridgehead atoms. The zero-order chi connectivity index (χ0) is 30.4. The summed E-state index contributed by atoms with van der Waals surface area (Å²) in [6.07, 6.45) is -2.05. The van der Waals surface area contributed by atoms with E-state index in [1.54, 1.807) is 23.4 Å². The van der Waals surface area contributed by atoms with E-state index in [4.69, 9.17) is 17.0 Å². The van der Waals surface area contributed by atoms with E-state index in [0.717, 1.165) is 18.3 Å². The maximum atomic E-state index is 13.9. The Bertz CT molecular complexity index is 1430. The summed E-state index contributed by atoms with van der Waals surface area (Å²) >= 11 is 5.74. The number of benzene rings is 1. The molecule has 0 saturated heterocycles. The molecule has 0 aliphatic carbocycles. The molecule has 1 aromatic carbocycles. The van der Waals surface area contributed by atoms with Gasteiger partial charge in [0.25, 0.3) is 11.8 Å². The highest BCUT2D eigenvalue weighted by Crippen LogP contribution is 2.37. The average molecular weight is 593 g/mol. The van der Waals surface area contributed by atoms with Crippen molar-refractivity contribution in [2.45, 2.75) is 77.9 Å². The standard InChI is InChI=1S/C28H32ClF3N6O3/c1-14(2)34-24(39)10-19(11-33)17(5)37-12-16(4)38-25(27(37)41)20-13-36(15(3)8-23(20)35-38)26(40)18-6-7-22(29)21(9-18)28(30,31)32/h6-7,9-11,14-17,33H,8,12-13H2,1-5H3,(H,34,39)/b19-10+,33-11?/t15-,16-,17?/m1/s1. The number of amides is 3. The number of carbonyl (C=O) groups excluding carboxylic acids is 3. The van der Waals surface area contributed by atoms with Gasteiger partial charge in [-0.1, -0.05) is 11.6 Å². The maximum Gasteiger partial charge on any atom is 0.417 e. The van der Waals surface area contributed by atoms with Crippen LogP contribution in [0.4, 0.5) is 13.2 Å². The van der Waals surface area contributed by atoms with Crippen LogP contribution in [0.2, 0.25) is 5.02 Å². The Morgan fingerprint density at radius 1 is 1.20 bits per heavy atom. The van der Waals surface area contributed by atoms with Gasteiger partial charge in [-0.05, 0) is 58.4 Å². The van der Waals surface area contributed by atoms with Crippen molar-refractivity contribution < 1.29 is 27.6 Å². The van der Waals surface area contributed by atoms with Crippen LogP contribution >= 0.6 is 11.6 Å². The van der Waals surface area contributed by atoms with Gasteiger partial charge in [-0.2, -0.15) is 18.3 Å². The van der Waals surface area contributed by atoms with E-state index < -0.39 is 28.7 Å². The predicted molar refractivity (Wildman–Crippen MR) is 147 cm³/mol. The Labute approximate surface area is 240 Å². The molecule has 2 N–H and O–H groups in total. The number of rotatable bonds is 6. The van der Waals surface area contributed by atoms with Crippen molar-refractivity contribution in [3.05, 3.63) is 62.9 Å². The summed E-state index contributed by atoms with van der Waals surface area (Å²) in [5.41, 5.74) is 0.570. The number of hydrogen-bond acceptors (Lipinski definition) is 5. The average Bonchev–Trinajstić information content (AvgIpc) is 3.26. The van der Waals surface area contributed by atoms with Crippen molar-refractivity contribution in [1.29, 1.82) is 5.41 Å². The number of halogens is 4. The summed E-state index contributed by atoms with van der Waals surface area (Å²) < 4.78 is 42.0. The lowest BCUT2D eigenvalue weighted by molar-refractivity contribution is -0.137. The van der Waals surface area contributed by atoms with Gasteiger partial charge in [-0.3, -0.25) is 19.1 Å². The smallest absolute Gasteiger partial charge is 0.350 e. The zero-order valence-corrected chi connectivity index (χ0v) is 24.1. The number of fused-ring (bicyclic) bond motifs is 3. The van der Waals surface area contributed by atoms with Crippen LogP contribution in [-0.4, -0.2) is 68.2 Å². The fourth-order valence-corrected chi connectivity index (χ4v) is 5.50. The van der Waals surface area contributed by atoms with Gasteiger partial charge in [-0.15, -0.1) is 0 Å². The Morgan fingerprint density at radius 3 is 2.49 bits per heavy atom. The number of nitrogens with one attached hydrogen (secondary N) is 2. The van der Waals surface area contributed by atoms with Gasteiger partial charge < -0.3 is 20.5 Å². The highest BCUT2D eigenvalue weighted by atomic mass is 35.5. The molecule has 1 unspecified atom stereocenters. The third-order valence-corrected chi connectivity index (χ3v) is 7.74. The predicted octanol–water partition coefficient (Wildman–Crippen LogP) is 4.65. The Morgan fingerprint density at radius 2 is 1.88 bits per heavy atom. The van der Waals surface area contributed by atoms with E-state index in [2.05, 4.69) is 10.4 Å². The highest BCUT2D eigenvalue weighted by Gasteiger charge is 2.41. The summed E-state index contributed by atoms with van der Waals surface area (Å²) in [7, 11) is 0. The molecule has 3 heterocycles. The van der Waals surface area contributed by atoms with Crippen LogP contribution in [0.3, 0.4) is 0 Å². The first-order valence-electron chi connectivity index (χ1n) is 13.3. The van der Waals surface area contributed by atoms with Gasteiger partial charge in [-0.25, -0.2) is 0 Å². The summed E-state index contributed by atoms with van der Waals surface area (Å²) in [4.78, 5) is 42.6. The summed E-state index contributed by atoms with van der Waals surface area (Å²) in [5, 5.41) is 14.8. The van der Waals surface area contributed by atoms with Crippen molar-refractivity contribution in [2.75, 3.05) is 6.54 Å². The lowest BCUT2D eigenvalue weighted by atomic mass is 9.96. The van der Waals surface area contributed by atoms with Crippen molar-refractivity contribution in [2.24, 2.45) is 0 Å². The van der Waals surface area contributed by atoms with E-state index in [1.807, 2.05) is 20.8 Å². The Kier molecular flexibility index (Phi) is 8.35. The number of hydrogen-bond donors (Lipinski definition) is 2. The second-order valence-corrected chi connectivity index (χ2v) is 11.2. The van der Waals surface area contributed by atoms with E-state index in [-0.39, 0.29) is 48.6 Å². The van der Waals surface area contributed by atoms with Gasteiger partial charge in [0, 0.05) is 48.5 Å². The van der Waals surface area contributed by atoms with Crippen molar-refractivity contribution >= 4 is 35.5 Å². The molecule has 0 radical (unpaired) electrons. The van der Waals surface area contributed by atoms with Crippen LogP contribution in [0, 0.1) is 5.41 Å². The number of nitrogens with zero attached hydrogens (tertiary/aromatic N) is 4. The lowest BCUT2D eigenvalue weighted by Crippen LogP contribution is -2.49. The second-order valence-electron chi connectivity index (χ2n) is 10.8. The molecule has 0 saturated carbocycles. The minimum Gasteiger partial charge on any atom is -0.350 e. The number of aromatic nitrogens is 2. The van der Waals surface area contributed by atoms with Gasteiger partial charge in [0.05, 0.1) is 34.9 Å². The molecule has 2 aromatic rings. The molecule has 0 spiro atoms. The quantitative estimate of drug-likeness (QED) is 0.376. The van der Waals surface area contributed by atoms with E-state index in [0.29, 0.717) is 28.9 Å². The molecular formula is C28H32ClF3N6O3. The van der Waals surface area contributed by atoms with Crippen LogP contribution < -0.4 is 5.32 Å². The molecule has 0 fully saturated rings. The van der Waals surface area contributed by atoms with Crippen LogP contribution in [0.25, 0.3) is 0 Å². The number of alkyl halides is 3. The van der Waals surface area contributed by atoms with Gasteiger partial charge in [0.1, 0.15) is 5.69 Å². The molecule has 1 aromatic heterocycles. The molecule has 3 amide bonds. The first kappa shape index (κ1) is 30.3. The third-order valence-electron chi connectivity index (χ3n) is 7.41. The summed E-state index contributed by atoms with van der Waals surface area (Å²) in [5.74, 6) is -1.35. The molecular weight excluding hydrogens is 561 g/mol. The minimum atomic E-state index is -4.72. The van der Waals surface area contributed by atoms with Gasteiger partial charge in [0.15, 0.2) is 0 Å². The fourth-order valence-electron chi connectivity index (χ4n) is 5.28. The Balaban J connectivity index is 1.66. The van der Waals surface area contributed by atoms with Crippen LogP contribution in [0.15, 0.2) is 29.8 Å². The molecule has 2 aliphatic heterocycles. The highest BCUT2D eigenvalue weighted by molar-refractivity contribution is 6.31. The van der Waals surface area contributed by atoms with E-state index in [9.17, 15) is 27.6 Å². The summed E-state index contributed by atoms with van der Waals surface area (Å²) in [6.45, 7) is 9.31. The first-order chi connectivity index (χ1) is 19.1. The lowest BCUT2D eigenvalue weighted by Gasteiger charge is -2.37.